The molecule has 162 valence electrons. The van der Waals surface area contributed by atoms with Gasteiger partial charge in [0.2, 0.25) is 0 Å². The highest BCUT2D eigenvalue weighted by Crippen LogP contribution is 2.33. The molecule has 0 saturated heterocycles. The zero-order valence-electron chi connectivity index (χ0n) is 17.4. The van der Waals surface area contributed by atoms with Crippen LogP contribution in [-0.2, 0) is 20.3 Å². The zero-order valence-corrected chi connectivity index (χ0v) is 17.4. The number of aliphatic hydroxyl groups is 2. The number of aliphatic hydroxyl groups excluding tert-OH is 2. The first-order valence-corrected chi connectivity index (χ1v) is 9.43. The Bertz CT molecular complexity index is 1170. The van der Waals surface area contributed by atoms with Crippen LogP contribution in [0.25, 0.3) is 22.8 Å². The van der Waals surface area contributed by atoms with E-state index in [1.54, 1.807) is 49.4 Å². The first-order valence-electron chi connectivity index (χ1n) is 9.43. The molecule has 0 aliphatic rings. The zero-order chi connectivity index (χ0) is 22.5. The summed E-state index contributed by atoms with van der Waals surface area (Å²) in [6.07, 6.45) is 9.76. The van der Waals surface area contributed by atoms with Crippen LogP contribution in [0.1, 0.15) is 22.5 Å². The van der Waals surface area contributed by atoms with Crippen molar-refractivity contribution in [2.45, 2.75) is 27.1 Å². The molecular weight excluding hydrogens is 400 g/mol. The maximum absolute atomic E-state index is 9.98. The number of nitrogens with zero attached hydrogens (tertiary/aromatic N) is 5. The van der Waals surface area contributed by atoms with E-state index in [-0.39, 0.29) is 24.7 Å². The lowest BCUT2D eigenvalue weighted by Crippen LogP contribution is -1.99. The number of hydrogen-bond donors (Lipinski definition) is 5. The van der Waals surface area contributed by atoms with Crippen LogP contribution < -0.4 is 0 Å². The lowest BCUT2D eigenvalue weighted by atomic mass is 10.1. The first-order chi connectivity index (χ1) is 14.9. The Hall–Kier alpha value is -3.76. The predicted molar refractivity (Wildman–Crippen MR) is 113 cm³/mol. The molecule has 0 saturated carbocycles. The highest BCUT2D eigenvalue weighted by atomic mass is 16.3. The molecule has 4 aromatic rings. The van der Waals surface area contributed by atoms with Crippen LogP contribution >= 0.6 is 0 Å². The van der Waals surface area contributed by atoms with Crippen LogP contribution in [0.5, 0.6) is 11.5 Å². The molecular formula is C21H24N6O4. The number of aromatic amines is 1. The average molecular weight is 424 g/mol. The predicted octanol–water partition coefficient (Wildman–Crippen LogP) is 1.97. The standard InChI is InChI=1S/C11H13N3O2.C10H11N3O2/c1-7-10(16)9(8(6-15)5-13-7)11-12-3-4-14(11)2;1-6-9(15)8(7(5-14)4-13-6)10-11-2-3-12-10/h3-5,15-16H,6H2,1-2H3;2-4,14-15H,5H2,1H3,(H,11,12). The molecule has 4 aromatic heterocycles. The molecule has 0 radical (unpaired) electrons. The molecule has 4 rings (SSSR count). The van der Waals surface area contributed by atoms with Crippen molar-refractivity contribution in [1.82, 2.24) is 29.5 Å². The second-order valence-electron chi connectivity index (χ2n) is 6.80. The third-order valence-corrected chi connectivity index (χ3v) is 4.75. The second-order valence-corrected chi connectivity index (χ2v) is 6.80. The minimum Gasteiger partial charge on any atom is -0.505 e. The van der Waals surface area contributed by atoms with Gasteiger partial charge in [-0.25, -0.2) is 9.97 Å². The Balaban J connectivity index is 0.000000176. The van der Waals surface area contributed by atoms with E-state index < -0.39 is 0 Å². The molecule has 0 spiro atoms. The lowest BCUT2D eigenvalue weighted by Gasteiger charge is -2.10. The number of imidazole rings is 2. The Morgan fingerprint density at radius 2 is 1.42 bits per heavy atom. The molecule has 10 nitrogen and oxygen atoms in total. The summed E-state index contributed by atoms with van der Waals surface area (Å²) in [4.78, 5) is 19.1. The largest absolute Gasteiger partial charge is 0.505 e. The van der Waals surface area contributed by atoms with Crippen molar-refractivity contribution < 1.29 is 20.4 Å². The van der Waals surface area contributed by atoms with E-state index in [0.29, 0.717) is 45.3 Å². The molecule has 0 fully saturated rings. The minimum atomic E-state index is -0.184. The van der Waals surface area contributed by atoms with Gasteiger partial charge in [-0.3, -0.25) is 9.97 Å². The molecule has 31 heavy (non-hydrogen) atoms. The highest BCUT2D eigenvalue weighted by molar-refractivity contribution is 5.69. The lowest BCUT2D eigenvalue weighted by molar-refractivity contribution is 0.281. The summed E-state index contributed by atoms with van der Waals surface area (Å²) < 4.78 is 1.79. The topological polar surface area (TPSA) is 153 Å². The maximum atomic E-state index is 9.98. The molecule has 0 aliphatic heterocycles. The third kappa shape index (κ3) is 4.39. The smallest absolute Gasteiger partial charge is 0.148 e. The number of aromatic nitrogens is 6. The molecule has 10 heteroatoms. The summed E-state index contributed by atoms with van der Waals surface area (Å²) in [5, 5.41) is 38.2. The van der Waals surface area contributed by atoms with E-state index in [4.69, 9.17) is 5.11 Å². The molecule has 0 aromatic carbocycles. The number of nitrogens with one attached hydrogen (secondary N) is 1. The number of hydrogen-bond acceptors (Lipinski definition) is 8. The summed E-state index contributed by atoms with van der Waals surface area (Å²) in [7, 11) is 1.83. The fourth-order valence-electron chi connectivity index (χ4n) is 3.03. The van der Waals surface area contributed by atoms with Gasteiger partial charge in [0.05, 0.1) is 35.7 Å². The summed E-state index contributed by atoms with van der Waals surface area (Å²) in [5.74, 6) is 1.27. The van der Waals surface area contributed by atoms with Gasteiger partial charge in [0.15, 0.2) is 0 Å². The van der Waals surface area contributed by atoms with E-state index in [0.717, 1.165) is 0 Å². The van der Waals surface area contributed by atoms with Gasteiger partial charge in [0.1, 0.15) is 23.1 Å². The SMILES string of the molecule is Cc1ncc(CO)c(-c2ncc[nH]2)c1O.Cc1ncc(CO)c(-c2nccn2C)c1O. The molecule has 0 unspecified atom stereocenters. The second kappa shape index (κ2) is 9.37. The van der Waals surface area contributed by atoms with Crippen molar-refractivity contribution in [2.24, 2.45) is 7.05 Å². The van der Waals surface area contributed by atoms with Gasteiger partial charge in [-0.05, 0) is 13.8 Å². The summed E-state index contributed by atoms with van der Waals surface area (Å²) >= 11 is 0. The Labute approximate surface area is 178 Å². The van der Waals surface area contributed by atoms with Crippen molar-refractivity contribution >= 4 is 0 Å². The van der Waals surface area contributed by atoms with Crippen molar-refractivity contribution in [2.75, 3.05) is 0 Å². The van der Waals surface area contributed by atoms with E-state index in [9.17, 15) is 15.3 Å². The fourth-order valence-corrected chi connectivity index (χ4v) is 3.03. The fraction of sp³-hybridized carbons (Fsp3) is 0.238. The highest BCUT2D eigenvalue weighted by Gasteiger charge is 2.17. The molecule has 0 amide bonds. The van der Waals surface area contributed by atoms with Crippen LogP contribution in [0, 0.1) is 13.8 Å². The van der Waals surface area contributed by atoms with E-state index in [1.165, 1.54) is 6.20 Å². The van der Waals surface area contributed by atoms with E-state index in [2.05, 4.69) is 24.9 Å². The van der Waals surface area contributed by atoms with Crippen LogP contribution in [0.4, 0.5) is 0 Å². The molecule has 0 aliphatic carbocycles. The van der Waals surface area contributed by atoms with Crippen molar-refractivity contribution in [1.29, 1.82) is 0 Å². The monoisotopic (exact) mass is 424 g/mol. The van der Waals surface area contributed by atoms with E-state index in [1.807, 2.05) is 7.05 Å². The van der Waals surface area contributed by atoms with Crippen LogP contribution in [0.15, 0.2) is 37.2 Å². The summed E-state index contributed by atoms with van der Waals surface area (Å²) in [6, 6.07) is 0. The Kier molecular flexibility index (Phi) is 6.63. The van der Waals surface area contributed by atoms with Crippen LogP contribution in [0.3, 0.4) is 0 Å². The van der Waals surface area contributed by atoms with Gasteiger partial charge in [-0.2, -0.15) is 0 Å². The normalized spacial score (nSPS) is 10.6. The van der Waals surface area contributed by atoms with Gasteiger partial charge in [-0.1, -0.05) is 0 Å². The quantitative estimate of drug-likeness (QED) is 0.333. The minimum absolute atomic E-state index is 0.0523. The number of aryl methyl sites for hydroxylation is 3. The average Bonchev–Trinajstić information content (AvgIpc) is 3.44. The maximum Gasteiger partial charge on any atom is 0.148 e. The van der Waals surface area contributed by atoms with Gasteiger partial charge in [0, 0.05) is 55.4 Å². The number of rotatable bonds is 4. The third-order valence-electron chi connectivity index (χ3n) is 4.75. The Morgan fingerprint density at radius 3 is 1.90 bits per heavy atom. The molecule has 4 heterocycles. The first kappa shape index (κ1) is 21.9. The summed E-state index contributed by atoms with van der Waals surface area (Å²) in [6.45, 7) is 3.05. The van der Waals surface area contributed by atoms with Gasteiger partial charge < -0.3 is 30.0 Å². The molecule has 5 N–H and O–H groups in total. The number of H-pyrrole nitrogens is 1. The van der Waals surface area contributed by atoms with Crippen LogP contribution in [0.2, 0.25) is 0 Å². The molecule has 0 bridgehead atoms. The van der Waals surface area contributed by atoms with Gasteiger partial charge in [0.25, 0.3) is 0 Å². The number of pyridine rings is 2. The number of aromatic hydroxyl groups is 2. The van der Waals surface area contributed by atoms with Gasteiger partial charge in [-0.15, -0.1) is 0 Å². The van der Waals surface area contributed by atoms with Crippen molar-refractivity contribution in [3.8, 4) is 34.3 Å². The van der Waals surface area contributed by atoms with Crippen molar-refractivity contribution in [3.05, 3.63) is 59.7 Å². The van der Waals surface area contributed by atoms with E-state index >= 15 is 0 Å². The van der Waals surface area contributed by atoms with Crippen LogP contribution in [-0.4, -0.2) is 49.9 Å². The Morgan fingerprint density at radius 1 is 0.839 bits per heavy atom. The van der Waals surface area contributed by atoms with Gasteiger partial charge >= 0.3 is 0 Å². The summed E-state index contributed by atoms with van der Waals surface area (Å²) in [5.41, 5.74) is 3.21. The van der Waals surface area contributed by atoms with Crippen molar-refractivity contribution in [3.63, 3.8) is 0 Å². The molecule has 0 atom stereocenters.